The number of nitrogens with two attached hydrogens (primary N) is 1. The monoisotopic (exact) mass is 173 g/mol. The minimum absolute atomic E-state index is 0. The number of halogens is 1. The summed E-state index contributed by atoms with van der Waals surface area (Å²) in [6.07, 6.45) is 5.97. The third-order valence-corrected chi connectivity index (χ3v) is 2.00. The average molecular weight is 174 g/mol. The molecule has 2 heterocycles. The topological polar surface area (TPSA) is 43.8 Å². The highest BCUT2D eigenvalue weighted by Gasteiger charge is 2.13. The number of rotatable bonds is 0. The molecule has 4 heteroatoms. The van der Waals surface area contributed by atoms with Gasteiger partial charge in [-0.25, -0.2) is 4.98 Å². The van der Waals surface area contributed by atoms with Crippen molar-refractivity contribution >= 4 is 12.4 Å². The SMILES string of the molecule is Cl.NC1CCc2cncn2C1. The number of hydrogen-bond donors (Lipinski definition) is 1. The molecule has 1 aliphatic rings. The van der Waals surface area contributed by atoms with Gasteiger partial charge in [0, 0.05) is 24.5 Å². The number of fused-ring (bicyclic) bond motifs is 1. The standard InChI is InChI=1S/C7H11N3.ClH/c8-6-1-2-7-3-9-5-10(7)4-6;/h3,5-6H,1-2,4,8H2;1H. The van der Waals surface area contributed by atoms with Crippen molar-refractivity contribution in [3.8, 4) is 0 Å². The summed E-state index contributed by atoms with van der Waals surface area (Å²) in [5, 5.41) is 0. The average Bonchev–Trinajstić information content (AvgIpc) is 2.33. The second-order valence-electron chi connectivity index (χ2n) is 2.84. The van der Waals surface area contributed by atoms with E-state index in [9.17, 15) is 0 Å². The lowest BCUT2D eigenvalue weighted by molar-refractivity contribution is 0.460. The first-order valence-electron chi connectivity index (χ1n) is 3.61. The normalized spacial score (nSPS) is 22.1. The van der Waals surface area contributed by atoms with Crippen molar-refractivity contribution in [2.45, 2.75) is 25.4 Å². The van der Waals surface area contributed by atoms with Gasteiger partial charge in [0.15, 0.2) is 0 Å². The van der Waals surface area contributed by atoms with E-state index in [0.717, 1.165) is 19.4 Å². The van der Waals surface area contributed by atoms with E-state index in [1.165, 1.54) is 5.69 Å². The van der Waals surface area contributed by atoms with Crippen molar-refractivity contribution in [1.29, 1.82) is 0 Å². The first kappa shape index (κ1) is 8.56. The van der Waals surface area contributed by atoms with Crippen molar-refractivity contribution in [3.05, 3.63) is 18.2 Å². The van der Waals surface area contributed by atoms with E-state index in [2.05, 4.69) is 9.55 Å². The van der Waals surface area contributed by atoms with Gasteiger partial charge in [-0.3, -0.25) is 0 Å². The van der Waals surface area contributed by atoms with Crippen LogP contribution in [-0.4, -0.2) is 15.6 Å². The molecule has 1 unspecified atom stereocenters. The van der Waals surface area contributed by atoms with E-state index in [1.54, 1.807) is 0 Å². The largest absolute Gasteiger partial charge is 0.333 e. The predicted molar refractivity (Wildman–Crippen MR) is 45.8 cm³/mol. The number of aromatic nitrogens is 2. The third-order valence-electron chi connectivity index (χ3n) is 2.00. The van der Waals surface area contributed by atoms with Crippen LogP contribution in [-0.2, 0) is 13.0 Å². The predicted octanol–water partition coefficient (Wildman–Crippen LogP) is 0.578. The second kappa shape index (κ2) is 3.24. The van der Waals surface area contributed by atoms with Gasteiger partial charge in [-0.05, 0) is 12.8 Å². The number of imidazole rings is 1. The summed E-state index contributed by atoms with van der Waals surface area (Å²) in [5.41, 5.74) is 7.08. The fourth-order valence-corrected chi connectivity index (χ4v) is 1.40. The van der Waals surface area contributed by atoms with Gasteiger partial charge in [0.05, 0.1) is 6.33 Å². The molecule has 0 radical (unpaired) electrons. The lowest BCUT2D eigenvalue weighted by atomic mass is 10.1. The smallest absolute Gasteiger partial charge is 0.0948 e. The van der Waals surface area contributed by atoms with Gasteiger partial charge in [0.2, 0.25) is 0 Å². The quantitative estimate of drug-likeness (QED) is 0.624. The van der Waals surface area contributed by atoms with E-state index in [0.29, 0.717) is 6.04 Å². The van der Waals surface area contributed by atoms with Crippen molar-refractivity contribution in [2.24, 2.45) is 5.73 Å². The van der Waals surface area contributed by atoms with Crippen molar-refractivity contribution in [2.75, 3.05) is 0 Å². The third kappa shape index (κ3) is 1.54. The molecule has 62 valence electrons. The summed E-state index contributed by atoms with van der Waals surface area (Å²) in [7, 11) is 0. The van der Waals surface area contributed by atoms with Crippen molar-refractivity contribution < 1.29 is 0 Å². The number of hydrogen-bond acceptors (Lipinski definition) is 2. The Balaban J connectivity index is 0.000000605. The molecule has 0 bridgehead atoms. The summed E-state index contributed by atoms with van der Waals surface area (Å²) in [4.78, 5) is 4.05. The van der Waals surface area contributed by atoms with Gasteiger partial charge in [0.25, 0.3) is 0 Å². The van der Waals surface area contributed by atoms with Gasteiger partial charge in [-0.1, -0.05) is 0 Å². The van der Waals surface area contributed by atoms with Crippen LogP contribution in [0.2, 0.25) is 0 Å². The molecular weight excluding hydrogens is 162 g/mol. The molecule has 1 atom stereocenters. The van der Waals surface area contributed by atoms with E-state index < -0.39 is 0 Å². The zero-order chi connectivity index (χ0) is 6.97. The first-order valence-corrected chi connectivity index (χ1v) is 3.61. The Hall–Kier alpha value is -0.540. The van der Waals surface area contributed by atoms with E-state index in [4.69, 9.17) is 5.73 Å². The van der Waals surface area contributed by atoms with Crippen molar-refractivity contribution in [3.63, 3.8) is 0 Å². The molecule has 0 spiro atoms. The van der Waals surface area contributed by atoms with Crippen LogP contribution in [0.4, 0.5) is 0 Å². The summed E-state index contributed by atoms with van der Waals surface area (Å²) < 4.78 is 2.13. The van der Waals surface area contributed by atoms with Crippen molar-refractivity contribution in [1.82, 2.24) is 9.55 Å². The fourth-order valence-electron chi connectivity index (χ4n) is 1.40. The van der Waals surface area contributed by atoms with Crippen LogP contribution in [0.25, 0.3) is 0 Å². The molecule has 0 saturated heterocycles. The molecule has 1 aliphatic heterocycles. The summed E-state index contributed by atoms with van der Waals surface area (Å²) >= 11 is 0. The molecule has 11 heavy (non-hydrogen) atoms. The summed E-state index contributed by atoms with van der Waals surface area (Å²) in [6, 6.07) is 0.335. The molecule has 0 aliphatic carbocycles. The van der Waals surface area contributed by atoms with Gasteiger partial charge >= 0.3 is 0 Å². The molecule has 0 aromatic carbocycles. The lowest BCUT2D eigenvalue weighted by Crippen LogP contribution is -2.31. The highest BCUT2D eigenvalue weighted by molar-refractivity contribution is 5.85. The Morgan fingerprint density at radius 2 is 2.45 bits per heavy atom. The fraction of sp³-hybridized carbons (Fsp3) is 0.571. The Bertz CT molecular complexity index is 233. The lowest BCUT2D eigenvalue weighted by Gasteiger charge is -2.19. The molecule has 3 nitrogen and oxygen atoms in total. The first-order chi connectivity index (χ1) is 4.86. The van der Waals surface area contributed by atoms with Crippen LogP contribution < -0.4 is 5.73 Å². The van der Waals surface area contributed by atoms with Crippen LogP contribution in [0.15, 0.2) is 12.5 Å². The van der Waals surface area contributed by atoms with Crippen LogP contribution in [0, 0.1) is 0 Å². The molecule has 0 fully saturated rings. The van der Waals surface area contributed by atoms with Gasteiger partial charge < -0.3 is 10.3 Å². The molecule has 2 N–H and O–H groups in total. The number of nitrogens with zero attached hydrogens (tertiary/aromatic N) is 2. The maximum atomic E-state index is 5.76. The highest BCUT2D eigenvalue weighted by atomic mass is 35.5. The van der Waals surface area contributed by atoms with E-state index >= 15 is 0 Å². The zero-order valence-electron chi connectivity index (χ0n) is 6.23. The van der Waals surface area contributed by atoms with Gasteiger partial charge in [0.1, 0.15) is 0 Å². The van der Waals surface area contributed by atoms with Gasteiger partial charge in [-0.15, -0.1) is 12.4 Å². The van der Waals surface area contributed by atoms with Crippen LogP contribution >= 0.6 is 12.4 Å². The molecule has 1 aromatic heterocycles. The zero-order valence-corrected chi connectivity index (χ0v) is 7.05. The molecule has 2 rings (SSSR count). The molecular formula is C7H12ClN3. The Morgan fingerprint density at radius 1 is 1.64 bits per heavy atom. The minimum Gasteiger partial charge on any atom is -0.333 e. The van der Waals surface area contributed by atoms with Crippen LogP contribution in [0.3, 0.4) is 0 Å². The highest BCUT2D eigenvalue weighted by Crippen LogP contribution is 2.11. The van der Waals surface area contributed by atoms with Crippen LogP contribution in [0.1, 0.15) is 12.1 Å². The Kier molecular flexibility index (Phi) is 2.52. The summed E-state index contributed by atoms with van der Waals surface area (Å²) in [5.74, 6) is 0. The van der Waals surface area contributed by atoms with Gasteiger partial charge in [-0.2, -0.15) is 0 Å². The number of aryl methyl sites for hydroxylation is 1. The minimum atomic E-state index is 0. The molecule has 0 amide bonds. The Labute approximate surface area is 72.0 Å². The molecule has 1 aromatic rings. The van der Waals surface area contributed by atoms with E-state index in [1.807, 2.05) is 12.5 Å². The van der Waals surface area contributed by atoms with Crippen LogP contribution in [0.5, 0.6) is 0 Å². The van der Waals surface area contributed by atoms with E-state index in [-0.39, 0.29) is 12.4 Å². The second-order valence-corrected chi connectivity index (χ2v) is 2.84. The summed E-state index contributed by atoms with van der Waals surface area (Å²) in [6.45, 7) is 0.940. The molecule has 0 saturated carbocycles. The maximum Gasteiger partial charge on any atom is 0.0948 e. The maximum absolute atomic E-state index is 5.76. The Morgan fingerprint density at radius 3 is 3.27 bits per heavy atom.